The van der Waals surface area contributed by atoms with Gasteiger partial charge in [-0.25, -0.2) is 8.42 Å². The van der Waals surface area contributed by atoms with E-state index in [-0.39, 0.29) is 21.4 Å². The Balaban J connectivity index is 2.02. The minimum atomic E-state index is -4.17. The van der Waals surface area contributed by atoms with Crippen molar-refractivity contribution in [3.8, 4) is 5.75 Å². The number of hydrogen-bond acceptors (Lipinski definition) is 4. The first-order valence-electron chi connectivity index (χ1n) is 8.99. The summed E-state index contributed by atoms with van der Waals surface area (Å²) in [6.07, 6.45) is 0. The van der Waals surface area contributed by atoms with E-state index in [1.807, 2.05) is 13.0 Å². The molecule has 0 N–H and O–H groups in total. The van der Waals surface area contributed by atoms with Crippen LogP contribution in [0.25, 0.3) is 0 Å². The van der Waals surface area contributed by atoms with Crippen LogP contribution in [-0.2, 0) is 14.8 Å². The van der Waals surface area contributed by atoms with Gasteiger partial charge in [-0.05, 0) is 55.3 Å². The standard InChI is InChI=1S/C22H19Cl2NO4S/c1-15-7-6-10-20(16(15)2)25(30(27,28)18-8-4-3-5-9-18)22(26)14-29-21-13-17(23)11-12-19(21)24/h3-13H,14H2,1-2H3. The number of carbonyl (C=O) groups is 1. The summed E-state index contributed by atoms with van der Waals surface area (Å²) in [7, 11) is -4.17. The molecule has 0 bridgehead atoms. The Morgan fingerprint density at radius 2 is 1.67 bits per heavy atom. The molecule has 1 amide bonds. The summed E-state index contributed by atoms with van der Waals surface area (Å²) in [5.41, 5.74) is 1.79. The average Bonchev–Trinajstić information content (AvgIpc) is 2.72. The number of rotatable bonds is 6. The van der Waals surface area contributed by atoms with Gasteiger partial charge in [0.2, 0.25) is 0 Å². The molecule has 156 valence electrons. The van der Waals surface area contributed by atoms with Crippen molar-refractivity contribution in [2.45, 2.75) is 18.7 Å². The van der Waals surface area contributed by atoms with Crippen LogP contribution in [-0.4, -0.2) is 20.9 Å². The van der Waals surface area contributed by atoms with Crippen molar-refractivity contribution in [1.29, 1.82) is 0 Å². The minimum absolute atomic E-state index is 0.0000408. The van der Waals surface area contributed by atoms with Crippen molar-refractivity contribution >= 4 is 44.8 Å². The van der Waals surface area contributed by atoms with E-state index in [0.717, 1.165) is 9.87 Å². The van der Waals surface area contributed by atoms with Crippen LogP contribution in [0, 0.1) is 13.8 Å². The second kappa shape index (κ2) is 9.08. The molecule has 3 aromatic carbocycles. The summed E-state index contributed by atoms with van der Waals surface area (Å²) in [5.74, 6) is -0.570. The molecule has 0 saturated heterocycles. The summed E-state index contributed by atoms with van der Waals surface area (Å²) < 4.78 is 33.0. The SMILES string of the molecule is Cc1cccc(N(C(=O)COc2cc(Cl)ccc2Cl)S(=O)(=O)c2ccccc2)c1C. The van der Waals surface area contributed by atoms with E-state index in [4.69, 9.17) is 27.9 Å². The predicted molar refractivity (Wildman–Crippen MR) is 119 cm³/mol. The molecular weight excluding hydrogens is 445 g/mol. The summed E-state index contributed by atoms with van der Waals surface area (Å²) in [6.45, 7) is 3.07. The maximum absolute atomic E-state index is 13.4. The van der Waals surface area contributed by atoms with E-state index < -0.39 is 22.5 Å². The molecule has 8 heteroatoms. The zero-order valence-corrected chi connectivity index (χ0v) is 18.6. The van der Waals surface area contributed by atoms with Gasteiger partial charge in [0.15, 0.2) is 6.61 Å². The smallest absolute Gasteiger partial charge is 0.278 e. The predicted octanol–water partition coefficient (Wildman–Crippen LogP) is 5.41. The zero-order valence-electron chi connectivity index (χ0n) is 16.3. The molecule has 5 nitrogen and oxygen atoms in total. The van der Waals surface area contributed by atoms with E-state index in [1.54, 1.807) is 43.3 Å². The van der Waals surface area contributed by atoms with Gasteiger partial charge < -0.3 is 4.74 Å². The molecule has 30 heavy (non-hydrogen) atoms. The lowest BCUT2D eigenvalue weighted by atomic mass is 10.1. The lowest BCUT2D eigenvalue weighted by Gasteiger charge is -2.25. The van der Waals surface area contributed by atoms with Gasteiger partial charge in [-0.15, -0.1) is 0 Å². The van der Waals surface area contributed by atoms with Gasteiger partial charge in [0.1, 0.15) is 5.75 Å². The Morgan fingerprint density at radius 3 is 2.37 bits per heavy atom. The third-order valence-electron chi connectivity index (χ3n) is 4.55. The highest BCUT2D eigenvalue weighted by Crippen LogP contribution is 2.30. The van der Waals surface area contributed by atoms with Crippen molar-refractivity contribution in [3.63, 3.8) is 0 Å². The summed E-state index contributed by atoms with van der Waals surface area (Å²) in [4.78, 5) is 13.1. The van der Waals surface area contributed by atoms with Gasteiger partial charge in [0.25, 0.3) is 15.9 Å². The topological polar surface area (TPSA) is 63.7 Å². The molecule has 0 aromatic heterocycles. The number of amides is 1. The summed E-state index contributed by atoms with van der Waals surface area (Å²) in [5, 5.41) is 0.640. The number of nitrogens with zero attached hydrogens (tertiary/aromatic N) is 1. The maximum atomic E-state index is 13.4. The molecule has 0 radical (unpaired) electrons. The quantitative estimate of drug-likeness (QED) is 0.489. The highest BCUT2D eigenvalue weighted by molar-refractivity contribution is 7.93. The molecule has 0 heterocycles. The molecule has 3 aromatic rings. The van der Waals surface area contributed by atoms with Crippen LogP contribution in [0.1, 0.15) is 11.1 Å². The van der Waals surface area contributed by atoms with Crippen molar-refractivity contribution < 1.29 is 17.9 Å². The normalized spacial score (nSPS) is 11.2. The third kappa shape index (κ3) is 4.61. The summed E-state index contributed by atoms with van der Waals surface area (Å²) in [6, 6.07) is 17.5. The van der Waals surface area contributed by atoms with Crippen LogP contribution in [0.5, 0.6) is 5.75 Å². The average molecular weight is 464 g/mol. The van der Waals surface area contributed by atoms with Gasteiger partial charge in [-0.1, -0.05) is 53.5 Å². The highest BCUT2D eigenvalue weighted by Gasteiger charge is 2.32. The number of aryl methyl sites for hydroxylation is 1. The third-order valence-corrected chi connectivity index (χ3v) is 6.84. The van der Waals surface area contributed by atoms with E-state index in [1.165, 1.54) is 24.3 Å². The zero-order chi connectivity index (χ0) is 21.9. The van der Waals surface area contributed by atoms with Gasteiger partial charge in [0.05, 0.1) is 15.6 Å². The first-order chi connectivity index (χ1) is 14.2. The fourth-order valence-electron chi connectivity index (χ4n) is 2.84. The lowest BCUT2D eigenvalue weighted by Crippen LogP contribution is -2.40. The second-order valence-electron chi connectivity index (χ2n) is 6.56. The molecule has 3 rings (SSSR count). The fourth-order valence-corrected chi connectivity index (χ4v) is 4.66. The number of carbonyl (C=O) groups excluding carboxylic acids is 1. The van der Waals surface area contributed by atoms with Gasteiger partial charge in [-0.3, -0.25) is 4.79 Å². The Hall–Kier alpha value is -2.54. The second-order valence-corrected chi connectivity index (χ2v) is 9.19. The summed E-state index contributed by atoms with van der Waals surface area (Å²) >= 11 is 12.0. The number of benzene rings is 3. The van der Waals surface area contributed by atoms with Crippen LogP contribution in [0.3, 0.4) is 0 Å². The number of hydrogen-bond donors (Lipinski definition) is 0. The lowest BCUT2D eigenvalue weighted by molar-refractivity contribution is -0.119. The van der Waals surface area contributed by atoms with Crippen molar-refractivity contribution in [1.82, 2.24) is 0 Å². The van der Waals surface area contributed by atoms with Crippen LogP contribution in [0.15, 0.2) is 71.6 Å². The van der Waals surface area contributed by atoms with Crippen molar-refractivity contribution in [2.24, 2.45) is 0 Å². The number of sulfonamides is 1. The van der Waals surface area contributed by atoms with E-state index in [0.29, 0.717) is 10.6 Å². The van der Waals surface area contributed by atoms with E-state index in [9.17, 15) is 13.2 Å². The van der Waals surface area contributed by atoms with Crippen LogP contribution < -0.4 is 9.04 Å². The number of halogens is 2. The van der Waals surface area contributed by atoms with Gasteiger partial charge >= 0.3 is 0 Å². The Labute approximate surface area is 185 Å². The van der Waals surface area contributed by atoms with E-state index >= 15 is 0 Å². The maximum Gasteiger partial charge on any atom is 0.278 e. The molecule has 0 fully saturated rings. The van der Waals surface area contributed by atoms with E-state index in [2.05, 4.69) is 0 Å². The van der Waals surface area contributed by atoms with Gasteiger partial charge in [0, 0.05) is 11.1 Å². The Bertz CT molecular complexity index is 1180. The minimum Gasteiger partial charge on any atom is -0.482 e. The van der Waals surface area contributed by atoms with Crippen molar-refractivity contribution in [2.75, 3.05) is 10.9 Å². The number of anilines is 1. The molecule has 0 spiro atoms. The van der Waals surface area contributed by atoms with Crippen LogP contribution in [0.4, 0.5) is 5.69 Å². The first kappa shape index (κ1) is 22.2. The fraction of sp³-hybridized carbons (Fsp3) is 0.136. The molecule has 0 atom stereocenters. The van der Waals surface area contributed by atoms with Crippen molar-refractivity contribution in [3.05, 3.63) is 87.9 Å². The molecule has 0 saturated carbocycles. The Kier molecular flexibility index (Phi) is 6.71. The molecule has 0 aliphatic rings. The number of ether oxygens (including phenoxy) is 1. The first-order valence-corrected chi connectivity index (χ1v) is 11.2. The van der Waals surface area contributed by atoms with Crippen LogP contribution >= 0.6 is 23.2 Å². The van der Waals surface area contributed by atoms with Crippen LogP contribution in [0.2, 0.25) is 10.0 Å². The molecular formula is C22H19Cl2NO4S. The Morgan fingerprint density at radius 1 is 0.967 bits per heavy atom. The highest BCUT2D eigenvalue weighted by atomic mass is 35.5. The van der Waals surface area contributed by atoms with Gasteiger partial charge in [-0.2, -0.15) is 4.31 Å². The molecule has 0 unspecified atom stereocenters. The monoisotopic (exact) mass is 463 g/mol. The largest absolute Gasteiger partial charge is 0.482 e. The molecule has 0 aliphatic carbocycles. The molecule has 0 aliphatic heterocycles.